The minimum Gasteiger partial charge on any atom is -0.372 e. The van der Waals surface area contributed by atoms with Gasteiger partial charge in [-0.25, -0.2) is 8.42 Å². The van der Waals surface area contributed by atoms with Crippen molar-refractivity contribution in [3.8, 4) is 0 Å². The van der Waals surface area contributed by atoms with Gasteiger partial charge in [0.05, 0.1) is 11.9 Å². The fourth-order valence-corrected chi connectivity index (χ4v) is 4.45. The molecule has 0 aliphatic carbocycles. The van der Waals surface area contributed by atoms with Gasteiger partial charge in [0, 0.05) is 30.3 Å². The summed E-state index contributed by atoms with van der Waals surface area (Å²) in [5.74, 6) is -0.377. The molecule has 0 fully saturated rings. The summed E-state index contributed by atoms with van der Waals surface area (Å²) in [6.07, 6.45) is 1.08. The van der Waals surface area contributed by atoms with Gasteiger partial charge >= 0.3 is 0 Å². The molecule has 0 bridgehead atoms. The monoisotopic (exact) mass is 437 g/mol. The summed E-state index contributed by atoms with van der Waals surface area (Å²) >= 11 is 5.89. The summed E-state index contributed by atoms with van der Waals surface area (Å²) in [5, 5.41) is 3.32. The quantitative estimate of drug-likeness (QED) is 0.650. The molecule has 0 aliphatic heterocycles. The molecule has 0 aromatic heterocycles. The van der Waals surface area contributed by atoms with Crippen molar-refractivity contribution < 1.29 is 13.2 Å². The summed E-state index contributed by atoms with van der Waals surface area (Å²) in [6.45, 7) is 7.95. The van der Waals surface area contributed by atoms with Crippen LogP contribution in [0.2, 0.25) is 5.02 Å². The molecular formula is C21H28ClN3O3S. The molecule has 1 amide bonds. The van der Waals surface area contributed by atoms with E-state index in [1.165, 1.54) is 0 Å². The highest BCUT2D eigenvalue weighted by Crippen LogP contribution is 2.23. The molecule has 8 heteroatoms. The number of hydrogen-bond donors (Lipinski definition) is 1. The molecule has 0 unspecified atom stereocenters. The number of amides is 1. The summed E-state index contributed by atoms with van der Waals surface area (Å²) in [6, 6.07) is 13.4. The van der Waals surface area contributed by atoms with E-state index in [4.69, 9.17) is 11.6 Å². The van der Waals surface area contributed by atoms with Crippen LogP contribution in [0.5, 0.6) is 0 Å². The lowest BCUT2D eigenvalue weighted by Crippen LogP contribution is -2.47. The molecule has 0 saturated heterocycles. The average Bonchev–Trinajstić information content (AvgIpc) is 2.68. The van der Waals surface area contributed by atoms with Gasteiger partial charge in [-0.2, -0.15) is 0 Å². The Labute approximate surface area is 178 Å². The van der Waals surface area contributed by atoms with Crippen molar-refractivity contribution in [2.45, 2.75) is 33.4 Å². The first-order valence-corrected chi connectivity index (χ1v) is 11.8. The maximum Gasteiger partial charge on any atom is 0.243 e. The molecule has 2 aromatic rings. The van der Waals surface area contributed by atoms with E-state index in [-0.39, 0.29) is 5.91 Å². The maximum atomic E-state index is 12.7. The van der Waals surface area contributed by atoms with Gasteiger partial charge in [0.25, 0.3) is 0 Å². The van der Waals surface area contributed by atoms with E-state index in [0.717, 1.165) is 34.9 Å². The Balaban J connectivity index is 2.09. The zero-order valence-electron chi connectivity index (χ0n) is 17.2. The molecule has 1 atom stereocenters. The van der Waals surface area contributed by atoms with Crippen LogP contribution in [0.25, 0.3) is 0 Å². The fraction of sp³-hybridized carbons (Fsp3) is 0.381. The van der Waals surface area contributed by atoms with Gasteiger partial charge in [-0.05, 0) is 62.7 Å². The van der Waals surface area contributed by atoms with Gasteiger partial charge in [0.1, 0.15) is 6.04 Å². The van der Waals surface area contributed by atoms with Gasteiger partial charge in [-0.1, -0.05) is 23.7 Å². The van der Waals surface area contributed by atoms with E-state index >= 15 is 0 Å². The molecule has 6 nitrogen and oxygen atoms in total. The minimum atomic E-state index is -3.66. The van der Waals surface area contributed by atoms with Crippen LogP contribution in [-0.2, 0) is 21.4 Å². The van der Waals surface area contributed by atoms with E-state index in [1.807, 2.05) is 24.3 Å². The third-order valence-electron chi connectivity index (χ3n) is 4.70. The van der Waals surface area contributed by atoms with Crippen LogP contribution in [0, 0.1) is 0 Å². The van der Waals surface area contributed by atoms with Crippen LogP contribution in [0.4, 0.5) is 11.4 Å². The number of rotatable bonds is 9. The molecule has 0 heterocycles. The third kappa shape index (κ3) is 6.11. The average molecular weight is 438 g/mol. The number of carbonyl (C=O) groups is 1. The predicted octanol–water partition coefficient (Wildman–Crippen LogP) is 3.66. The molecule has 2 rings (SSSR count). The zero-order valence-corrected chi connectivity index (χ0v) is 18.8. The second kappa shape index (κ2) is 9.98. The Bertz CT molecular complexity index is 911. The van der Waals surface area contributed by atoms with Crippen LogP contribution in [0.3, 0.4) is 0 Å². The van der Waals surface area contributed by atoms with Crippen LogP contribution < -0.4 is 14.5 Å². The Morgan fingerprint density at radius 3 is 2.00 bits per heavy atom. The van der Waals surface area contributed by atoms with Crippen molar-refractivity contribution in [2.24, 2.45) is 0 Å². The van der Waals surface area contributed by atoms with Gasteiger partial charge in [-0.3, -0.25) is 9.10 Å². The molecule has 0 aliphatic rings. The van der Waals surface area contributed by atoms with E-state index in [0.29, 0.717) is 17.3 Å². The molecule has 0 radical (unpaired) electrons. The first kappa shape index (κ1) is 23.0. The Morgan fingerprint density at radius 2 is 1.52 bits per heavy atom. The first-order valence-electron chi connectivity index (χ1n) is 9.54. The Kier molecular flexibility index (Phi) is 7.93. The minimum absolute atomic E-state index is 0.319. The number of anilines is 2. The van der Waals surface area contributed by atoms with Crippen molar-refractivity contribution in [3.05, 3.63) is 59.1 Å². The van der Waals surface area contributed by atoms with Gasteiger partial charge in [0.2, 0.25) is 15.9 Å². The number of nitrogens with one attached hydrogen (secondary N) is 1. The Morgan fingerprint density at radius 1 is 1.00 bits per heavy atom. The van der Waals surface area contributed by atoms with Crippen molar-refractivity contribution in [3.63, 3.8) is 0 Å². The van der Waals surface area contributed by atoms with E-state index in [2.05, 4.69) is 24.1 Å². The van der Waals surface area contributed by atoms with Gasteiger partial charge in [-0.15, -0.1) is 0 Å². The zero-order chi connectivity index (χ0) is 21.6. The van der Waals surface area contributed by atoms with Crippen molar-refractivity contribution in [2.75, 3.05) is 28.6 Å². The van der Waals surface area contributed by atoms with E-state index in [9.17, 15) is 13.2 Å². The highest BCUT2D eigenvalue weighted by Gasteiger charge is 2.28. The number of hydrogen-bond acceptors (Lipinski definition) is 4. The van der Waals surface area contributed by atoms with Crippen LogP contribution in [0.15, 0.2) is 48.5 Å². The molecular weight excluding hydrogens is 410 g/mol. The number of carbonyl (C=O) groups excluding carboxylic acids is 1. The van der Waals surface area contributed by atoms with Crippen LogP contribution in [0.1, 0.15) is 26.3 Å². The standard InChI is InChI=1S/C21H28ClN3O3S/c1-5-24(6-2)19-11-7-17(8-12-19)15-23-21(26)16(3)25(29(4,27)28)20-13-9-18(22)10-14-20/h7-14,16H,5-6,15H2,1-4H3,(H,23,26)/t16-/m1/s1. The number of sulfonamides is 1. The number of benzene rings is 2. The second-order valence-corrected chi connectivity index (χ2v) is 9.06. The SMILES string of the molecule is CCN(CC)c1ccc(CNC(=O)[C@@H](C)N(c2ccc(Cl)cc2)S(C)(=O)=O)cc1. The van der Waals surface area contributed by atoms with Crippen molar-refractivity contribution in [1.29, 1.82) is 0 Å². The number of nitrogens with zero attached hydrogens (tertiary/aromatic N) is 2. The summed E-state index contributed by atoms with van der Waals surface area (Å²) < 4.78 is 25.7. The predicted molar refractivity (Wildman–Crippen MR) is 120 cm³/mol. The van der Waals surface area contributed by atoms with Crippen molar-refractivity contribution in [1.82, 2.24) is 5.32 Å². The topological polar surface area (TPSA) is 69.7 Å². The lowest BCUT2D eigenvalue weighted by Gasteiger charge is -2.28. The largest absolute Gasteiger partial charge is 0.372 e. The fourth-order valence-electron chi connectivity index (χ4n) is 3.15. The van der Waals surface area contributed by atoms with E-state index in [1.54, 1.807) is 31.2 Å². The molecule has 29 heavy (non-hydrogen) atoms. The van der Waals surface area contributed by atoms with Gasteiger partial charge < -0.3 is 10.2 Å². The lowest BCUT2D eigenvalue weighted by atomic mass is 10.2. The smallest absolute Gasteiger partial charge is 0.243 e. The molecule has 158 valence electrons. The molecule has 0 spiro atoms. The summed E-state index contributed by atoms with van der Waals surface area (Å²) in [7, 11) is -3.66. The third-order valence-corrected chi connectivity index (χ3v) is 6.19. The number of halogens is 1. The lowest BCUT2D eigenvalue weighted by molar-refractivity contribution is -0.122. The summed E-state index contributed by atoms with van der Waals surface area (Å²) in [4.78, 5) is 14.9. The summed E-state index contributed by atoms with van der Waals surface area (Å²) in [5.41, 5.74) is 2.46. The normalized spacial score (nSPS) is 12.3. The van der Waals surface area contributed by atoms with Crippen LogP contribution in [-0.4, -0.2) is 39.7 Å². The van der Waals surface area contributed by atoms with Crippen molar-refractivity contribution >= 4 is 38.9 Å². The maximum absolute atomic E-state index is 12.7. The first-order chi connectivity index (χ1) is 13.7. The molecule has 0 saturated carbocycles. The van der Waals surface area contributed by atoms with Crippen LogP contribution >= 0.6 is 11.6 Å². The highest BCUT2D eigenvalue weighted by atomic mass is 35.5. The Hall–Kier alpha value is -2.25. The second-order valence-electron chi connectivity index (χ2n) is 6.77. The van der Waals surface area contributed by atoms with Gasteiger partial charge in [0.15, 0.2) is 0 Å². The highest BCUT2D eigenvalue weighted by molar-refractivity contribution is 7.92. The molecule has 1 N–H and O–H groups in total. The molecule has 2 aromatic carbocycles. The van der Waals surface area contributed by atoms with E-state index < -0.39 is 16.1 Å².